The molecule has 0 N–H and O–H groups in total. The van der Waals surface area contributed by atoms with Gasteiger partial charge in [-0.2, -0.15) is 0 Å². The first kappa shape index (κ1) is 13.1. The van der Waals surface area contributed by atoms with Crippen LogP contribution in [-0.2, 0) is 14.3 Å². The van der Waals surface area contributed by atoms with Gasteiger partial charge in [0.05, 0.1) is 23.7 Å². The number of amides is 1. The molecule has 0 aromatic carbocycles. The number of pyridine rings is 1. The van der Waals surface area contributed by atoms with Gasteiger partial charge in [-0.05, 0) is 6.07 Å². The van der Waals surface area contributed by atoms with Gasteiger partial charge in [-0.25, -0.2) is 4.98 Å². The van der Waals surface area contributed by atoms with E-state index in [4.69, 9.17) is 23.2 Å². The molecule has 18 heavy (non-hydrogen) atoms. The van der Waals surface area contributed by atoms with Crippen LogP contribution in [-0.4, -0.2) is 30.5 Å². The van der Waals surface area contributed by atoms with Gasteiger partial charge in [0.1, 0.15) is 0 Å². The van der Waals surface area contributed by atoms with Crippen LogP contribution in [0, 0.1) is 5.92 Å². The number of carbonyl (C=O) groups excluding carboxylic acids is 2. The van der Waals surface area contributed by atoms with E-state index >= 15 is 0 Å². The highest BCUT2D eigenvalue weighted by Crippen LogP contribution is 2.32. The lowest BCUT2D eigenvalue weighted by Gasteiger charge is -2.17. The smallest absolute Gasteiger partial charge is 0.311 e. The van der Waals surface area contributed by atoms with Crippen LogP contribution in [0.25, 0.3) is 0 Å². The summed E-state index contributed by atoms with van der Waals surface area (Å²) in [5, 5.41) is 0.557. The van der Waals surface area contributed by atoms with Crippen molar-refractivity contribution in [3.63, 3.8) is 0 Å². The number of rotatable bonds is 2. The molecule has 0 aliphatic carbocycles. The summed E-state index contributed by atoms with van der Waals surface area (Å²) in [6.45, 7) is 0.229. The minimum atomic E-state index is -0.474. The van der Waals surface area contributed by atoms with Crippen molar-refractivity contribution in [3.8, 4) is 0 Å². The Morgan fingerprint density at radius 1 is 1.56 bits per heavy atom. The van der Waals surface area contributed by atoms with Gasteiger partial charge in [-0.3, -0.25) is 9.59 Å². The van der Waals surface area contributed by atoms with E-state index in [0.29, 0.717) is 10.7 Å². The maximum atomic E-state index is 11.9. The monoisotopic (exact) mass is 288 g/mol. The number of hydrogen-bond acceptors (Lipinski definition) is 4. The van der Waals surface area contributed by atoms with Gasteiger partial charge >= 0.3 is 5.97 Å². The largest absolute Gasteiger partial charge is 0.469 e. The van der Waals surface area contributed by atoms with Crippen LogP contribution in [0.3, 0.4) is 0 Å². The predicted molar refractivity (Wildman–Crippen MR) is 66.7 cm³/mol. The first-order chi connectivity index (χ1) is 8.52. The highest BCUT2D eigenvalue weighted by atomic mass is 35.5. The van der Waals surface area contributed by atoms with Gasteiger partial charge in [0.25, 0.3) is 0 Å². The van der Waals surface area contributed by atoms with E-state index in [1.54, 1.807) is 6.07 Å². The van der Waals surface area contributed by atoms with Crippen LogP contribution in [0.15, 0.2) is 12.3 Å². The molecule has 5 nitrogen and oxygen atoms in total. The summed E-state index contributed by atoms with van der Waals surface area (Å²) in [7, 11) is 1.30. The average Bonchev–Trinajstić information content (AvgIpc) is 2.73. The van der Waals surface area contributed by atoms with E-state index in [1.807, 2.05) is 0 Å². The number of halogens is 2. The number of anilines is 1. The number of carbonyl (C=O) groups is 2. The zero-order valence-corrected chi connectivity index (χ0v) is 11.0. The normalized spacial score (nSPS) is 19.2. The van der Waals surface area contributed by atoms with Crippen LogP contribution in [0.5, 0.6) is 0 Å². The molecule has 1 amide bonds. The highest BCUT2D eigenvalue weighted by Gasteiger charge is 2.36. The van der Waals surface area contributed by atoms with E-state index in [9.17, 15) is 9.59 Å². The fourth-order valence-electron chi connectivity index (χ4n) is 1.87. The minimum Gasteiger partial charge on any atom is -0.469 e. The van der Waals surface area contributed by atoms with E-state index in [-0.39, 0.29) is 24.0 Å². The second-order valence-corrected chi connectivity index (χ2v) is 4.69. The zero-order valence-electron chi connectivity index (χ0n) is 9.52. The number of methoxy groups -OCH3 is 1. The molecule has 7 heteroatoms. The third-order valence-corrected chi connectivity index (χ3v) is 3.24. The van der Waals surface area contributed by atoms with Crippen molar-refractivity contribution in [1.29, 1.82) is 0 Å². The molecule has 1 atom stereocenters. The number of esters is 1. The Hall–Kier alpha value is -1.33. The molecule has 96 valence electrons. The summed E-state index contributed by atoms with van der Waals surface area (Å²) < 4.78 is 4.63. The number of hydrogen-bond donors (Lipinski definition) is 0. The maximum Gasteiger partial charge on any atom is 0.311 e. The van der Waals surface area contributed by atoms with Crippen molar-refractivity contribution >= 4 is 40.8 Å². The molecule has 0 saturated carbocycles. The van der Waals surface area contributed by atoms with E-state index in [1.165, 1.54) is 18.2 Å². The van der Waals surface area contributed by atoms with Gasteiger partial charge < -0.3 is 9.64 Å². The number of aromatic nitrogens is 1. The number of nitrogens with zero attached hydrogens (tertiary/aromatic N) is 2. The molecule has 0 bridgehead atoms. The molecule has 0 radical (unpaired) electrons. The van der Waals surface area contributed by atoms with E-state index in [0.717, 1.165) is 0 Å². The van der Waals surface area contributed by atoms with Gasteiger partial charge in [0.15, 0.2) is 5.15 Å². The van der Waals surface area contributed by atoms with Crippen LogP contribution in [0.1, 0.15) is 6.42 Å². The molecular formula is C11H10Cl2N2O3. The third kappa shape index (κ3) is 2.42. The third-order valence-electron chi connectivity index (χ3n) is 2.74. The standard InChI is InChI=1S/C11H10Cl2N2O3/c1-18-11(17)6-2-9(16)15(5-6)8-3-7(12)4-14-10(8)13/h3-4,6H,2,5H2,1H3. The molecule has 1 aromatic rings. The van der Waals surface area contributed by atoms with Gasteiger partial charge in [0, 0.05) is 19.2 Å². The van der Waals surface area contributed by atoms with Gasteiger partial charge in [-0.1, -0.05) is 23.2 Å². The van der Waals surface area contributed by atoms with Crippen molar-refractivity contribution in [1.82, 2.24) is 4.98 Å². The lowest BCUT2D eigenvalue weighted by atomic mass is 10.1. The quantitative estimate of drug-likeness (QED) is 0.616. The van der Waals surface area contributed by atoms with Crippen molar-refractivity contribution < 1.29 is 14.3 Å². The Balaban J connectivity index is 2.27. The Morgan fingerprint density at radius 3 is 2.94 bits per heavy atom. The topological polar surface area (TPSA) is 59.5 Å². The maximum absolute atomic E-state index is 11.9. The minimum absolute atomic E-state index is 0.107. The lowest BCUT2D eigenvalue weighted by molar-refractivity contribution is -0.145. The number of ether oxygens (including phenoxy) is 1. The summed E-state index contributed by atoms with van der Waals surface area (Å²) in [4.78, 5) is 28.5. The SMILES string of the molecule is COC(=O)C1CC(=O)N(c2cc(Cl)cnc2Cl)C1. The summed E-state index contributed by atoms with van der Waals surface area (Å²) in [6.07, 6.45) is 1.50. The van der Waals surface area contributed by atoms with Gasteiger partial charge in [0.2, 0.25) is 5.91 Å². The molecule has 1 saturated heterocycles. The van der Waals surface area contributed by atoms with Crippen molar-refractivity contribution in [2.24, 2.45) is 5.92 Å². The molecule has 1 aliphatic rings. The highest BCUT2D eigenvalue weighted by molar-refractivity contribution is 6.34. The average molecular weight is 289 g/mol. The van der Waals surface area contributed by atoms with Crippen molar-refractivity contribution in [2.75, 3.05) is 18.6 Å². The second-order valence-electron chi connectivity index (χ2n) is 3.89. The summed E-state index contributed by atoms with van der Waals surface area (Å²) in [6, 6.07) is 1.55. The molecule has 0 spiro atoms. The Bertz CT molecular complexity index is 507. The van der Waals surface area contributed by atoms with Crippen LogP contribution in [0.4, 0.5) is 5.69 Å². The van der Waals surface area contributed by atoms with Gasteiger partial charge in [-0.15, -0.1) is 0 Å². The van der Waals surface area contributed by atoms with E-state index in [2.05, 4.69) is 9.72 Å². The second kappa shape index (κ2) is 5.12. The Morgan fingerprint density at radius 2 is 2.28 bits per heavy atom. The van der Waals surface area contributed by atoms with E-state index < -0.39 is 11.9 Å². The van der Waals surface area contributed by atoms with Crippen LogP contribution in [0.2, 0.25) is 10.2 Å². The van der Waals surface area contributed by atoms with Crippen molar-refractivity contribution in [3.05, 3.63) is 22.4 Å². The fourth-order valence-corrected chi connectivity index (χ4v) is 2.22. The Labute approximate surface area is 114 Å². The first-order valence-corrected chi connectivity index (χ1v) is 5.97. The molecule has 1 aliphatic heterocycles. The predicted octanol–water partition coefficient (Wildman–Crippen LogP) is 1.91. The van der Waals surface area contributed by atoms with Crippen LogP contribution >= 0.6 is 23.2 Å². The molecule has 1 aromatic heterocycles. The zero-order chi connectivity index (χ0) is 13.3. The summed E-state index contributed by atoms with van der Waals surface area (Å²) >= 11 is 11.7. The fraction of sp³-hybridized carbons (Fsp3) is 0.364. The lowest BCUT2D eigenvalue weighted by Crippen LogP contribution is -2.26. The first-order valence-electron chi connectivity index (χ1n) is 5.22. The molecule has 1 fully saturated rings. The summed E-state index contributed by atoms with van der Waals surface area (Å²) in [5.41, 5.74) is 0.417. The molecule has 2 rings (SSSR count). The Kier molecular flexibility index (Phi) is 3.73. The summed E-state index contributed by atoms with van der Waals surface area (Å²) in [5.74, 6) is -1.08. The molecule has 1 unspecified atom stereocenters. The molecular weight excluding hydrogens is 279 g/mol. The van der Waals surface area contributed by atoms with Crippen LogP contribution < -0.4 is 4.90 Å². The van der Waals surface area contributed by atoms with Crippen molar-refractivity contribution in [2.45, 2.75) is 6.42 Å². The molecule has 2 heterocycles.